The highest BCUT2D eigenvalue weighted by Crippen LogP contribution is 2.17. The lowest BCUT2D eigenvalue weighted by Crippen LogP contribution is -2.46. The Morgan fingerprint density at radius 3 is 2.58 bits per heavy atom. The lowest BCUT2D eigenvalue weighted by atomic mass is 9.95. The number of likely N-dealkylation sites (tertiary alicyclic amines) is 1. The molecule has 1 saturated heterocycles. The molecule has 1 aromatic heterocycles. The molecule has 0 bridgehead atoms. The quantitative estimate of drug-likeness (QED) is 0.796. The number of hydrogen-bond acceptors (Lipinski definition) is 4. The second kappa shape index (κ2) is 8.87. The van der Waals surface area contributed by atoms with Gasteiger partial charge in [0.15, 0.2) is 0 Å². The molecule has 1 fully saturated rings. The van der Waals surface area contributed by atoms with Crippen molar-refractivity contribution in [1.29, 1.82) is 0 Å². The summed E-state index contributed by atoms with van der Waals surface area (Å²) in [6.45, 7) is 8.60. The number of carbonyl (C=O) groups is 2. The number of rotatable bonds is 7. The van der Waals surface area contributed by atoms with Gasteiger partial charge in [0.1, 0.15) is 5.76 Å². The molecule has 0 spiro atoms. The minimum absolute atomic E-state index is 0.0114. The van der Waals surface area contributed by atoms with Gasteiger partial charge in [0, 0.05) is 12.0 Å². The fraction of sp³-hybridized carbons (Fsp3) is 0.667. The van der Waals surface area contributed by atoms with Crippen molar-refractivity contribution in [1.82, 2.24) is 15.5 Å². The van der Waals surface area contributed by atoms with Crippen LogP contribution >= 0.6 is 0 Å². The Bertz CT molecular complexity index is 520. The molecule has 1 atom stereocenters. The molecule has 6 heteroatoms. The van der Waals surface area contributed by atoms with Crippen LogP contribution in [0.2, 0.25) is 0 Å². The van der Waals surface area contributed by atoms with Crippen molar-refractivity contribution in [3.8, 4) is 0 Å². The molecular weight excluding hydrogens is 306 g/mol. The second-order valence-electron chi connectivity index (χ2n) is 6.95. The Kier molecular flexibility index (Phi) is 6.85. The van der Waals surface area contributed by atoms with Gasteiger partial charge in [-0.15, -0.1) is 0 Å². The highest BCUT2D eigenvalue weighted by Gasteiger charge is 2.26. The average Bonchev–Trinajstić information content (AvgIpc) is 3.07. The first kappa shape index (κ1) is 18.5. The van der Waals surface area contributed by atoms with Crippen LogP contribution in [-0.2, 0) is 16.1 Å². The van der Waals surface area contributed by atoms with E-state index in [2.05, 4.69) is 29.4 Å². The van der Waals surface area contributed by atoms with Crippen LogP contribution in [0, 0.1) is 11.8 Å². The van der Waals surface area contributed by atoms with Crippen molar-refractivity contribution in [2.45, 2.75) is 46.2 Å². The lowest BCUT2D eigenvalue weighted by Gasteiger charge is -2.31. The van der Waals surface area contributed by atoms with E-state index in [0.717, 1.165) is 31.7 Å². The molecule has 1 unspecified atom stereocenters. The maximum absolute atomic E-state index is 12.3. The van der Waals surface area contributed by atoms with E-state index in [1.54, 1.807) is 12.3 Å². The summed E-state index contributed by atoms with van der Waals surface area (Å²) in [7, 11) is 0. The third kappa shape index (κ3) is 5.67. The molecule has 2 amide bonds. The lowest BCUT2D eigenvalue weighted by molar-refractivity contribution is -0.127. The molecule has 0 aromatic carbocycles. The Labute approximate surface area is 144 Å². The first-order chi connectivity index (χ1) is 11.5. The highest BCUT2D eigenvalue weighted by molar-refractivity contribution is 5.79. The number of amides is 2. The van der Waals surface area contributed by atoms with Crippen LogP contribution in [0.1, 0.15) is 39.4 Å². The molecule has 2 N–H and O–H groups in total. The zero-order valence-electron chi connectivity index (χ0n) is 14.9. The standard InChI is InChI=1S/C18H29N3O3/c1-13(2)14(3)20-18(23)15-6-8-21(9-7-15)12-17(22)19-11-16-5-4-10-24-16/h4-5,10,13-15H,6-9,11-12H2,1-3H3,(H,19,22)(H,20,23). The number of carbonyl (C=O) groups excluding carboxylic acids is 2. The van der Waals surface area contributed by atoms with Crippen LogP contribution in [0.25, 0.3) is 0 Å². The summed E-state index contributed by atoms with van der Waals surface area (Å²) in [6, 6.07) is 3.84. The summed E-state index contributed by atoms with van der Waals surface area (Å²) in [4.78, 5) is 26.3. The zero-order valence-corrected chi connectivity index (χ0v) is 14.9. The third-order valence-electron chi connectivity index (χ3n) is 4.74. The van der Waals surface area contributed by atoms with E-state index in [-0.39, 0.29) is 23.8 Å². The van der Waals surface area contributed by atoms with Gasteiger partial charge in [0.2, 0.25) is 11.8 Å². The number of furan rings is 1. The highest BCUT2D eigenvalue weighted by atomic mass is 16.3. The molecule has 0 saturated carbocycles. The largest absolute Gasteiger partial charge is 0.467 e. The molecule has 0 aliphatic carbocycles. The van der Waals surface area contributed by atoms with E-state index in [9.17, 15) is 9.59 Å². The van der Waals surface area contributed by atoms with E-state index >= 15 is 0 Å². The first-order valence-corrected chi connectivity index (χ1v) is 8.77. The van der Waals surface area contributed by atoms with Gasteiger partial charge in [-0.2, -0.15) is 0 Å². The van der Waals surface area contributed by atoms with Gasteiger partial charge in [0.25, 0.3) is 0 Å². The Morgan fingerprint density at radius 1 is 1.29 bits per heavy atom. The monoisotopic (exact) mass is 335 g/mol. The van der Waals surface area contributed by atoms with Crippen LogP contribution in [0.4, 0.5) is 0 Å². The smallest absolute Gasteiger partial charge is 0.234 e. The van der Waals surface area contributed by atoms with Crippen LogP contribution < -0.4 is 10.6 Å². The molecule has 1 aliphatic heterocycles. The minimum atomic E-state index is -0.0114. The summed E-state index contributed by atoms with van der Waals surface area (Å²) in [5.74, 6) is 1.39. The number of hydrogen-bond donors (Lipinski definition) is 2. The fourth-order valence-electron chi connectivity index (χ4n) is 2.72. The predicted octanol–water partition coefficient (Wildman–Crippen LogP) is 1.77. The topological polar surface area (TPSA) is 74.6 Å². The molecule has 1 aromatic rings. The second-order valence-corrected chi connectivity index (χ2v) is 6.95. The molecule has 6 nitrogen and oxygen atoms in total. The molecular formula is C18H29N3O3. The number of nitrogens with one attached hydrogen (secondary N) is 2. The normalized spacial score (nSPS) is 17.7. The molecule has 1 aliphatic rings. The van der Waals surface area contributed by atoms with E-state index in [1.165, 1.54) is 0 Å². The summed E-state index contributed by atoms with van der Waals surface area (Å²) < 4.78 is 5.19. The van der Waals surface area contributed by atoms with Crippen molar-refractivity contribution < 1.29 is 14.0 Å². The Balaban J connectivity index is 1.66. The van der Waals surface area contributed by atoms with Crippen molar-refractivity contribution in [2.75, 3.05) is 19.6 Å². The average molecular weight is 335 g/mol. The van der Waals surface area contributed by atoms with Crippen LogP contribution in [0.5, 0.6) is 0 Å². The van der Waals surface area contributed by atoms with Crippen molar-refractivity contribution in [3.63, 3.8) is 0 Å². The van der Waals surface area contributed by atoms with Gasteiger partial charge >= 0.3 is 0 Å². The summed E-state index contributed by atoms with van der Waals surface area (Å²) in [5.41, 5.74) is 0. The van der Waals surface area contributed by atoms with Crippen LogP contribution in [0.3, 0.4) is 0 Å². The van der Waals surface area contributed by atoms with Crippen molar-refractivity contribution in [3.05, 3.63) is 24.2 Å². The molecule has 2 rings (SSSR count). The number of piperidine rings is 1. The van der Waals surface area contributed by atoms with Gasteiger partial charge in [-0.25, -0.2) is 0 Å². The van der Waals surface area contributed by atoms with Gasteiger partial charge in [-0.05, 0) is 50.9 Å². The molecule has 24 heavy (non-hydrogen) atoms. The molecule has 0 radical (unpaired) electrons. The summed E-state index contributed by atoms with van der Waals surface area (Å²) >= 11 is 0. The Morgan fingerprint density at radius 2 is 2.00 bits per heavy atom. The van der Waals surface area contributed by atoms with Gasteiger partial charge < -0.3 is 15.1 Å². The van der Waals surface area contributed by atoms with Gasteiger partial charge in [-0.1, -0.05) is 13.8 Å². The van der Waals surface area contributed by atoms with Crippen molar-refractivity contribution >= 4 is 11.8 Å². The van der Waals surface area contributed by atoms with Crippen LogP contribution in [-0.4, -0.2) is 42.4 Å². The maximum Gasteiger partial charge on any atom is 0.234 e. The minimum Gasteiger partial charge on any atom is -0.467 e. The first-order valence-electron chi connectivity index (χ1n) is 8.77. The zero-order chi connectivity index (χ0) is 17.5. The Hall–Kier alpha value is -1.82. The molecule has 134 valence electrons. The SMILES string of the molecule is CC(C)C(C)NC(=O)C1CCN(CC(=O)NCc2ccco2)CC1. The van der Waals surface area contributed by atoms with E-state index in [1.807, 2.05) is 13.0 Å². The van der Waals surface area contributed by atoms with Gasteiger partial charge in [0.05, 0.1) is 19.4 Å². The van der Waals surface area contributed by atoms with E-state index < -0.39 is 0 Å². The van der Waals surface area contributed by atoms with Gasteiger partial charge in [-0.3, -0.25) is 14.5 Å². The number of nitrogens with zero attached hydrogens (tertiary/aromatic N) is 1. The molecule has 2 heterocycles. The summed E-state index contributed by atoms with van der Waals surface area (Å²) in [5, 5.41) is 5.94. The van der Waals surface area contributed by atoms with E-state index in [4.69, 9.17) is 4.42 Å². The third-order valence-corrected chi connectivity index (χ3v) is 4.74. The van der Waals surface area contributed by atoms with E-state index in [0.29, 0.717) is 19.0 Å². The maximum atomic E-state index is 12.3. The van der Waals surface area contributed by atoms with Crippen LogP contribution in [0.15, 0.2) is 22.8 Å². The summed E-state index contributed by atoms with van der Waals surface area (Å²) in [6.07, 6.45) is 3.21. The fourth-order valence-corrected chi connectivity index (χ4v) is 2.72. The van der Waals surface area contributed by atoms with Crippen molar-refractivity contribution in [2.24, 2.45) is 11.8 Å². The predicted molar refractivity (Wildman–Crippen MR) is 92.2 cm³/mol.